The van der Waals surface area contributed by atoms with E-state index in [2.05, 4.69) is 19.5 Å². The highest BCUT2D eigenvalue weighted by Crippen LogP contribution is 2.22. The van der Waals surface area contributed by atoms with Gasteiger partial charge in [-0.15, -0.1) is 9.24 Å². The number of carbonyl (C=O) groups is 1. The smallest absolute Gasteiger partial charge is 0.263 e. The van der Waals surface area contributed by atoms with Crippen LogP contribution >= 0.6 is 9.24 Å². The molecule has 0 saturated heterocycles. The molecule has 0 saturated carbocycles. The number of phenolic OH excluding ortho intramolecular Hbond substituents is 1. The van der Waals surface area contributed by atoms with Gasteiger partial charge in [0.1, 0.15) is 11.8 Å². The maximum atomic E-state index is 13.4. The molecule has 0 bridgehead atoms. The highest BCUT2D eigenvalue weighted by Gasteiger charge is 2.17. The van der Waals surface area contributed by atoms with E-state index in [1.54, 1.807) is 36.4 Å². The molecule has 2 N–H and O–H groups in total. The second kappa shape index (κ2) is 9.29. The number of phenols is 1. The number of aromatic hydroxyl groups is 1. The van der Waals surface area contributed by atoms with Crippen LogP contribution in [0.1, 0.15) is 21.5 Å². The topological polar surface area (TPSA) is 142 Å². The number of nitrogens with zero attached hydrogens (tertiary/aromatic N) is 3. The number of hydrogen-bond donors (Lipinski definition) is 2. The summed E-state index contributed by atoms with van der Waals surface area (Å²) in [7, 11) is -1.25. The number of nitrogens with one attached hydrogen (secondary N) is 1. The molecule has 9 nitrogen and oxygen atoms in total. The van der Waals surface area contributed by atoms with Crippen LogP contribution in [0.2, 0.25) is 0 Å². The number of rotatable bonds is 5. The van der Waals surface area contributed by atoms with Gasteiger partial charge in [-0.3, -0.25) is 14.2 Å². The van der Waals surface area contributed by atoms with Gasteiger partial charge < -0.3 is 10.4 Å². The Balaban J connectivity index is 1.77. The first-order valence-electron chi connectivity index (χ1n) is 10.2. The third kappa shape index (κ3) is 4.78. The maximum absolute atomic E-state index is 13.4. The van der Waals surface area contributed by atoms with Gasteiger partial charge in [-0.2, -0.15) is 5.26 Å². The van der Waals surface area contributed by atoms with Crippen molar-refractivity contribution in [2.24, 2.45) is 0 Å². The fourth-order valence-corrected chi connectivity index (χ4v) is 4.93. The van der Waals surface area contributed by atoms with Gasteiger partial charge in [-0.1, -0.05) is 24.3 Å². The number of sulfone groups is 1. The summed E-state index contributed by atoms with van der Waals surface area (Å²) in [6, 6.07) is 15.7. The highest BCUT2D eigenvalue weighted by molar-refractivity contribution is 7.90. The van der Waals surface area contributed by atoms with Crippen molar-refractivity contribution in [2.75, 3.05) is 11.6 Å². The van der Waals surface area contributed by atoms with E-state index in [1.807, 2.05) is 6.07 Å². The third-order valence-electron chi connectivity index (χ3n) is 5.34. The van der Waals surface area contributed by atoms with E-state index in [4.69, 9.17) is 0 Å². The molecule has 176 valence electrons. The van der Waals surface area contributed by atoms with Crippen molar-refractivity contribution in [3.8, 4) is 11.8 Å². The Kier molecular flexibility index (Phi) is 6.39. The van der Waals surface area contributed by atoms with Crippen molar-refractivity contribution >= 4 is 46.9 Å². The number of carbonyl (C=O) groups excluding carboxylic acids is 1. The van der Waals surface area contributed by atoms with E-state index in [-0.39, 0.29) is 44.7 Å². The Morgan fingerprint density at radius 3 is 2.66 bits per heavy atom. The fourth-order valence-electron chi connectivity index (χ4n) is 3.66. The van der Waals surface area contributed by atoms with Crippen LogP contribution in [0.3, 0.4) is 0 Å². The number of anilines is 1. The zero-order valence-corrected chi connectivity index (χ0v) is 20.4. The minimum absolute atomic E-state index is 0.0345. The molecule has 11 heteroatoms. The third-order valence-corrected chi connectivity index (χ3v) is 6.97. The first-order chi connectivity index (χ1) is 16.6. The number of hydrogen-bond acceptors (Lipinski definition) is 7. The maximum Gasteiger partial charge on any atom is 0.263 e. The number of benzene rings is 3. The number of amides is 1. The molecule has 0 radical (unpaired) electrons. The zero-order chi connectivity index (χ0) is 25.3. The largest absolute Gasteiger partial charge is 0.506 e. The lowest BCUT2D eigenvalue weighted by Gasteiger charge is -2.13. The van der Waals surface area contributed by atoms with Gasteiger partial charge in [0.2, 0.25) is 0 Å². The molecule has 0 fully saturated rings. The van der Waals surface area contributed by atoms with Crippen molar-refractivity contribution in [1.82, 2.24) is 9.55 Å². The van der Waals surface area contributed by atoms with Crippen molar-refractivity contribution < 1.29 is 18.3 Å². The molecule has 3 aromatic carbocycles. The summed E-state index contributed by atoms with van der Waals surface area (Å²) in [5.41, 5.74) is 0.565. The van der Waals surface area contributed by atoms with E-state index in [9.17, 15) is 28.4 Å². The first-order valence-corrected chi connectivity index (χ1v) is 12.7. The second-order valence-electron chi connectivity index (χ2n) is 7.78. The van der Waals surface area contributed by atoms with Crippen LogP contribution in [-0.4, -0.2) is 35.2 Å². The first kappa shape index (κ1) is 24.1. The van der Waals surface area contributed by atoms with E-state index in [1.165, 1.54) is 29.1 Å². The lowest BCUT2D eigenvalue weighted by molar-refractivity contribution is 0.102. The summed E-state index contributed by atoms with van der Waals surface area (Å²) in [5, 5.41) is 22.2. The Labute approximate surface area is 202 Å². The molecule has 1 amide bonds. The second-order valence-corrected chi connectivity index (χ2v) is 10.4. The van der Waals surface area contributed by atoms with Crippen molar-refractivity contribution in [3.63, 3.8) is 0 Å². The average molecular weight is 506 g/mol. The summed E-state index contributed by atoms with van der Waals surface area (Å²) in [6.45, 7) is -0.0345. The average Bonchev–Trinajstić information content (AvgIpc) is 2.82. The lowest BCUT2D eigenvalue weighted by Crippen LogP contribution is -2.24. The molecule has 0 spiro atoms. The van der Waals surface area contributed by atoms with Gasteiger partial charge in [0.15, 0.2) is 9.84 Å². The number of fused-ring (bicyclic) bond motifs is 1. The van der Waals surface area contributed by atoms with Gasteiger partial charge in [-0.05, 0) is 35.9 Å². The van der Waals surface area contributed by atoms with Crippen molar-refractivity contribution in [3.05, 3.63) is 88.0 Å². The standard InChI is InChI=1S/C24H19N4O5PS/c1-35(32,33)20-8-3-2-5-14(20)12-28-13-26-17-6-4-7-18(21(17)24(28)31)27-23(30)15-9-16(11-25)22(29)19(34)10-15/h2-10,13,29H,12,34H2,1H3,(H,27,30). The Morgan fingerprint density at radius 2 is 1.94 bits per heavy atom. The molecule has 35 heavy (non-hydrogen) atoms. The van der Waals surface area contributed by atoms with Crippen molar-refractivity contribution in [2.45, 2.75) is 11.4 Å². The van der Waals surface area contributed by atoms with Crippen LogP contribution < -0.4 is 16.2 Å². The van der Waals surface area contributed by atoms with Crippen LogP contribution in [0.4, 0.5) is 5.69 Å². The van der Waals surface area contributed by atoms with Gasteiger partial charge in [-0.25, -0.2) is 13.4 Å². The SMILES string of the molecule is CS(=O)(=O)c1ccccc1Cn1cnc2cccc(NC(=O)c3cc(P)c(O)c(C#N)c3)c2c1=O. The monoisotopic (exact) mass is 506 g/mol. The molecule has 0 aliphatic heterocycles. The molecule has 0 aliphatic carbocycles. The van der Waals surface area contributed by atoms with Gasteiger partial charge in [0.25, 0.3) is 11.5 Å². The van der Waals surface area contributed by atoms with E-state index >= 15 is 0 Å². The zero-order valence-electron chi connectivity index (χ0n) is 18.4. The predicted molar refractivity (Wildman–Crippen MR) is 135 cm³/mol. The summed E-state index contributed by atoms with van der Waals surface area (Å²) >= 11 is 0. The molecule has 1 aromatic heterocycles. The van der Waals surface area contributed by atoms with Gasteiger partial charge >= 0.3 is 0 Å². The molecular formula is C24H19N4O5PS. The molecule has 1 unspecified atom stereocenters. The number of aromatic nitrogens is 2. The van der Waals surface area contributed by atoms with E-state index in [0.29, 0.717) is 11.1 Å². The van der Waals surface area contributed by atoms with E-state index < -0.39 is 21.3 Å². The minimum atomic E-state index is -3.51. The molecule has 4 rings (SSSR count). The summed E-state index contributed by atoms with van der Waals surface area (Å²) in [5.74, 6) is -0.824. The van der Waals surface area contributed by atoms with Crippen LogP contribution in [0.25, 0.3) is 10.9 Å². The summed E-state index contributed by atoms with van der Waals surface area (Å²) in [4.78, 5) is 30.7. The van der Waals surface area contributed by atoms with E-state index in [0.717, 1.165) is 6.26 Å². The summed E-state index contributed by atoms with van der Waals surface area (Å²) in [6.07, 6.45) is 2.43. The molecular weight excluding hydrogens is 487 g/mol. The van der Waals surface area contributed by atoms with Crippen LogP contribution in [0.15, 0.2) is 70.6 Å². The molecule has 1 heterocycles. The molecule has 4 aromatic rings. The fraction of sp³-hybridized carbons (Fsp3) is 0.0833. The highest BCUT2D eigenvalue weighted by atomic mass is 32.2. The van der Waals surface area contributed by atoms with Crippen molar-refractivity contribution in [1.29, 1.82) is 5.26 Å². The Hall–Kier alpha value is -4.06. The van der Waals surface area contributed by atoms with Crippen LogP contribution in [0, 0.1) is 11.3 Å². The number of nitriles is 1. The Morgan fingerprint density at radius 1 is 1.20 bits per heavy atom. The quantitative estimate of drug-likeness (QED) is 0.395. The van der Waals surface area contributed by atoms with Crippen LogP contribution in [-0.2, 0) is 16.4 Å². The van der Waals surface area contributed by atoms with Gasteiger partial charge in [0.05, 0.1) is 39.9 Å². The Bertz CT molecular complexity index is 1710. The predicted octanol–water partition coefficient (Wildman–Crippen LogP) is 2.18. The minimum Gasteiger partial charge on any atom is -0.506 e. The lowest BCUT2D eigenvalue weighted by atomic mass is 10.1. The van der Waals surface area contributed by atoms with Gasteiger partial charge in [0, 0.05) is 17.1 Å². The normalized spacial score (nSPS) is 11.2. The summed E-state index contributed by atoms with van der Waals surface area (Å²) < 4.78 is 25.6. The van der Waals surface area contributed by atoms with Crippen LogP contribution in [0.5, 0.6) is 5.75 Å². The molecule has 0 aliphatic rings. The molecule has 1 atom stereocenters.